The Hall–Kier alpha value is -2.40. The zero-order valence-corrected chi connectivity index (χ0v) is 15.8. The number of anilines is 1. The van der Waals surface area contributed by atoms with Crippen molar-refractivity contribution in [2.24, 2.45) is 5.41 Å². The summed E-state index contributed by atoms with van der Waals surface area (Å²) in [6.07, 6.45) is 4.08. The van der Waals surface area contributed by atoms with Crippen molar-refractivity contribution >= 4 is 11.6 Å². The number of amides is 1. The lowest BCUT2D eigenvalue weighted by atomic mass is 9.71. The Morgan fingerprint density at radius 1 is 1.19 bits per heavy atom. The van der Waals surface area contributed by atoms with Crippen LogP contribution in [0.25, 0.3) is 0 Å². The number of aromatic nitrogens is 1. The van der Waals surface area contributed by atoms with Crippen molar-refractivity contribution in [3.63, 3.8) is 0 Å². The third-order valence-corrected chi connectivity index (χ3v) is 6.05. The van der Waals surface area contributed by atoms with E-state index < -0.39 is 0 Å². The van der Waals surface area contributed by atoms with Gasteiger partial charge in [-0.3, -0.25) is 9.78 Å². The fraction of sp³-hybridized carbons (Fsp3) is 0.455. The summed E-state index contributed by atoms with van der Waals surface area (Å²) in [6, 6.07) is 13.6. The summed E-state index contributed by atoms with van der Waals surface area (Å²) in [5.74, 6) is 0.0683. The lowest BCUT2D eigenvalue weighted by Crippen LogP contribution is -2.60. The molecule has 1 N–H and O–H groups in total. The molecule has 0 radical (unpaired) electrons. The predicted molar refractivity (Wildman–Crippen MR) is 106 cm³/mol. The van der Waals surface area contributed by atoms with Gasteiger partial charge < -0.3 is 14.9 Å². The summed E-state index contributed by atoms with van der Waals surface area (Å²) in [4.78, 5) is 21.5. The highest BCUT2D eigenvalue weighted by Crippen LogP contribution is 2.40. The van der Waals surface area contributed by atoms with Gasteiger partial charge in [0.2, 0.25) is 0 Å². The van der Waals surface area contributed by atoms with E-state index in [1.165, 1.54) is 0 Å². The number of aliphatic hydroxyl groups excluding tert-OH is 1. The third kappa shape index (κ3) is 3.56. The van der Waals surface area contributed by atoms with E-state index in [1.54, 1.807) is 0 Å². The summed E-state index contributed by atoms with van der Waals surface area (Å²) in [6.45, 7) is 4.98. The molecule has 2 aliphatic heterocycles. The van der Waals surface area contributed by atoms with Gasteiger partial charge in [0.25, 0.3) is 5.91 Å². The van der Waals surface area contributed by atoms with Crippen LogP contribution in [0.5, 0.6) is 0 Å². The van der Waals surface area contributed by atoms with Crippen LogP contribution in [-0.2, 0) is 0 Å². The average Bonchev–Trinajstić information content (AvgIpc) is 2.70. The van der Waals surface area contributed by atoms with E-state index in [0.717, 1.165) is 55.8 Å². The topological polar surface area (TPSA) is 56.7 Å². The Morgan fingerprint density at radius 3 is 2.78 bits per heavy atom. The number of carbonyl (C=O) groups excluding carboxylic acids is 1. The molecule has 1 amide bonds. The van der Waals surface area contributed by atoms with Gasteiger partial charge in [0.1, 0.15) is 0 Å². The maximum atomic E-state index is 13.0. The molecule has 0 bridgehead atoms. The van der Waals surface area contributed by atoms with Gasteiger partial charge in [-0.1, -0.05) is 18.2 Å². The normalized spacial score (nSPS) is 25.6. The minimum Gasteiger partial charge on any atom is -0.392 e. The quantitative estimate of drug-likeness (QED) is 0.889. The number of benzene rings is 1. The molecule has 2 saturated heterocycles. The molecule has 2 aliphatic rings. The number of aliphatic hydroxyl groups is 1. The first-order valence-corrected chi connectivity index (χ1v) is 9.77. The second kappa shape index (κ2) is 7.31. The highest BCUT2D eigenvalue weighted by Gasteiger charge is 2.46. The monoisotopic (exact) mass is 365 g/mol. The molecule has 5 nitrogen and oxygen atoms in total. The van der Waals surface area contributed by atoms with E-state index in [-0.39, 0.29) is 17.4 Å². The van der Waals surface area contributed by atoms with Crippen molar-refractivity contribution < 1.29 is 9.90 Å². The molecule has 0 saturated carbocycles. The number of aryl methyl sites for hydroxylation is 1. The molecule has 4 rings (SSSR count). The van der Waals surface area contributed by atoms with Gasteiger partial charge >= 0.3 is 0 Å². The van der Waals surface area contributed by atoms with Crippen LogP contribution in [-0.4, -0.2) is 53.2 Å². The Morgan fingerprint density at radius 2 is 2.00 bits per heavy atom. The summed E-state index contributed by atoms with van der Waals surface area (Å²) in [5.41, 5.74) is 2.61. The van der Waals surface area contributed by atoms with E-state index in [0.29, 0.717) is 6.54 Å². The molecule has 1 aromatic carbocycles. The van der Waals surface area contributed by atoms with Crippen LogP contribution < -0.4 is 4.90 Å². The number of likely N-dealkylation sites (tertiary alicyclic amines) is 1. The lowest BCUT2D eigenvalue weighted by molar-refractivity contribution is -0.0361. The molecular formula is C22H27N3O2. The summed E-state index contributed by atoms with van der Waals surface area (Å²) in [7, 11) is 0. The summed E-state index contributed by atoms with van der Waals surface area (Å²) >= 11 is 0. The Balaban J connectivity index is 1.56. The third-order valence-electron chi connectivity index (χ3n) is 6.05. The van der Waals surface area contributed by atoms with Crippen molar-refractivity contribution in [3.8, 4) is 0 Å². The summed E-state index contributed by atoms with van der Waals surface area (Å²) < 4.78 is 0. The highest BCUT2D eigenvalue weighted by atomic mass is 16.3. The molecule has 5 heteroatoms. The zero-order chi connectivity index (χ0) is 18.9. The van der Waals surface area contributed by atoms with Crippen LogP contribution in [0.15, 0.2) is 48.7 Å². The van der Waals surface area contributed by atoms with E-state index >= 15 is 0 Å². The van der Waals surface area contributed by atoms with Gasteiger partial charge in [0.05, 0.1) is 6.10 Å². The van der Waals surface area contributed by atoms with Gasteiger partial charge in [-0.15, -0.1) is 0 Å². The molecule has 1 spiro atoms. The van der Waals surface area contributed by atoms with Gasteiger partial charge in [-0.2, -0.15) is 0 Å². The Bertz CT molecular complexity index is 810. The number of carbonyl (C=O) groups is 1. The van der Waals surface area contributed by atoms with E-state index in [4.69, 9.17) is 0 Å². The standard InChI is InChI=1S/C22H27N3O2/c1-17-14-19(8-11-23-17)24-13-9-20(26)22(15-24)10-5-12-25(16-22)21(27)18-6-3-2-4-7-18/h2-4,6-8,11,14,20,26H,5,9-10,12-13,15-16H2,1H3/t20-,22-/m1/s1. The molecule has 1 aromatic heterocycles. The van der Waals surface area contributed by atoms with Crippen molar-refractivity contribution in [2.75, 3.05) is 31.1 Å². The molecule has 142 valence electrons. The molecule has 2 aromatic rings. The highest BCUT2D eigenvalue weighted by molar-refractivity contribution is 5.94. The van der Waals surface area contributed by atoms with Crippen LogP contribution in [0.3, 0.4) is 0 Å². The molecule has 2 atom stereocenters. The first-order chi connectivity index (χ1) is 13.1. The van der Waals surface area contributed by atoms with Crippen LogP contribution >= 0.6 is 0 Å². The molecule has 27 heavy (non-hydrogen) atoms. The van der Waals surface area contributed by atoms with Gasteiger partial charge in [0, 0.05) is 54.7 Å². The minimum atomic E-state index is -0.372. The zero-order valence-electron chi connectivity index (χ0n) is 15.8. The number of piperidine rings is 2. The van der Waals surface area contributed by atoms with Crippen LogP contribution in [0.2, 0.25) is 0 Å². The second-order valence-electron chi connectivity index (χ2n) is 7.94. The predicted octanol–water partition coefficient (Wildman–Crippen LogP) is 2.88. The SMILES string of the molecule is Cc1cc(N2CC[C@@H](O)[C@]3(CCCN(C(=O)c4ccccc4)C3)C2)ccn1. The number of nitrogens with zero attached hydrogens (tertiary/aromatic N) is 3. The largest absolute Gasteiger partial charge is 0.392 e. The molecule has 2 fully saturated rings. The minimum absolute atomic E-state index is 0.0683. The first-order valence-electron chi connectivity index (χ1n) is 9.77. The molecule has 3 heterocycles. The van der Waals surface area contributed by atoms with E-state index in [9.17, 15) is 9.90 Å². The first kappa shape index (κ1) is 18.0. The number of rotatable bonds is 2. The van der Waals surface area contributed by atoms with Crippen molar-refractivity contribution in [1.82, 2.24) is 9.88 Å². The average molecular weight is 365 g/mol. The fourth-order valence-corrected chi connectivity index (χ4v) is 4.59. The Labute approximate surface area is 160 Å². The number of pyridine rings is 1. The van der Waals surface area contributed by atoms with Crippen LogP contribution in [0.1, 0.15) is 35.3 Å². The molecular weight excluding hydrogens is 338 g/mol. The van der Waals surface area contributed by atoms with Crippen LogP contribution in [0, 0.1) is 12.3 Å². The van der Waals surface area contributed by atoms with Gasteiger partial charge in [-0.25, -0.2) is 0 Å². The van der Waals surface area contributed by atoms with Crippen molar-refractivity contribution in [1.29, 1.82) is 0 Å². The molecule has 0 aliphatic carbocycles. The maximum absolute atomic E-state index is 13.0. The fourth-order valence-electron chi connectivity index (χ4n) is 4.59. The summed E-state index contributed by atoms with van der Waals surface area (Å²) in [5, 5.41) is 10.9. The van der Waals surface area contributed by atoms with E-state index in [2.05, 4.69) is 16.0 Å². The van der Waals surface area contributed by atoms with Crippen molar-refractivity contribution in [3.05, 3.63) is 59.9 Å². The second-order valence-corrected chi connectivity index (χ2v) is 7.94. The van der Waals surface area contributed by atoms with E-state index in [1.807, 2.05) is 54.4 Å². The van der Waals surface area contributed by atoms with Gasteiger partial charge in [0.15, 0.2) is 0 Å². The smallest absolute Gasteiger partial charge is 0.253 e. The van der Waals surface area contributed by atoms with Crippen molar-refractivity contribution in [2.45, 2.75) is 32.3 Å². The lowest BCUT2D eigenvalue weighted by Gasteiger charge is -2.51. The Kier molecular flexibility index (Phi) is 4.87. The number of hydrogen-bond acceptors (Lipinski definition) is 4. The number of hydrogen-bond donors (Lipinski definition) is 1. The van der Waals surface area contributed by atoms with Crippen LogP contribution in [0.4, 0.5) is 5.69 Å². The van der Waals surface area contributed by atoms with Gasteiger partial charge in [-0.05, 0) is 50.5 Å². The maximum Gasteiger partial charge on any atom is 0.253 e. The molecule has 0 unspecified atom stereocenters.